The Morgan fingerprint density at radius 3 is 2.63 bits per heavy atom. The van der Waals surface area contributed by atoms with Gasteiger partial charge < -0.3 is 4.57 Å². The van der Waals surface area contributed by atoms with E-state index in [4.69, 9.17) is 10.7 Å². The van der Waals surface area contributed by atoms with Gasteiger partial charge in [-0.25, -0.2) is 13.2 Å². The predicted molar refractivity (Wildman–Crippen MR) is 64.5 cm³/mol. The average Bonchev–Trinajstić information content (AvgIpc) is 2.66. The van der Waals surface area contributed by atoms with Crippen LogP contribution in [0.1, 0.15) is 5.82 Å². The van der Waals surface area contributed by atoms with Crippen molar-refractivity contribution in [2.45, 2.75) is 11.4 Å². The van der Waals surface area contributed by atoms with Gasteiger partial charge in [0.05, 0.1) is 6.54 Å². The lowest BCUT2D eigenvalue weighted by Crippen LogP contribution is -2.33. The molecule has 0 atom stereocenters. The maximum absolute atomic E-state index is 11.6. The third-order valence-electron chi connectivity index (χ3n) is 2.36. The molecule has 0 aliphatic rings. The first-order valence-corrected chi connectivity index (χ1v) is 7.21. The molecule has 0 amide bonds. The molecule has 0 spiro atoms. The van der Waals surface area contributed by atoms with Crippen LogP contribution in [0.25, 0.3) is 0 Å². The second-order valence-electron chi connectivity index (χ2n) is 3.68. The molecule has 11 heteroatoms. The Bertz CT molecular complexity index is 833. The summed E-state index contributed by atoms with van der Waals surface area (Å²) in [5.74, 6) is 0.409. The van der Waals surface area contributed by atoms with Gasteiger partial charge in [0.2, 0.25) is 0 Å². The van der Waals surface area contributed by atoms with E-state index in [1.807, 2.05) is 4.98 Å². The molecule has 2 heterocycles. The third-order valence-corrected chi connectivity index (χ3v) is 3.67. The standard InChI is InChI=1S/C8H8ClN5O4S/c1-13-4-10-12-6(13)3-14-2-5(19(9,17)18)7(15)11-8(14)16/h2,4H,3H2,1H3,(H,11,15,16). The molecule has 0 aliphatic carbocycles. The fourth-order valence-corrected chi connectivity index (χ4v) is 2.24. The molecule has 2 rings (SSSR count). The number of nitrogens with zero attached hydrogens (tertiary/aromatic N) is 4. The van der Waals surface area contributed by atoms with Crippen molar-refractivity contribution in [1.29, 1.82) is 0 Å². The van der Waals surface area contributed by atoms with E-state index in [1.54, 1.807) is 11.6 Å². The van der Waals surface area contributed by atoms with E-state index in [0.29, 0.717) is 5.82 Å². The highest BCUT2D eigenvalue weighted by atomic mass is 35.7. The van der Waals surface area contributed by atoms with E-state index in [2.05, 4.69) is 10.2 Å². The van der Waals surface area contributed by atoms with Crippen molar-refractivity contribution in [2.75, 3.05) is 0 Å². The first-order chi connectivity index (χ1) is 8.79. The summed E-state index contributed by atoms with van der Waals surface area (Å²) in [5.41, 5.74) is -1.83. The minimum absolute atomic E-state index is 0.0501. The molecule has 0 aliphatic heterocycles. The van der Waals surface area contributed by atoms with Crippen LogP contribution in [0.2, 0.25) is 0 Å². The van der Waals surface area contributed by atoms with Crippen LogP contribution in [-0.2, 0) is 22.6 Å². The van der Waals surface area contributed by atoms with Gasteiger partial charge in [0, 0.05) is 23.9 Å². The molecule has 0 fully saturated rings. The molecule has 0 saturated carbocycles. The van der Waals surface area contributed by atoms with Crippen LogP contribution in [0.5, 0.6) is 0 Å². The van der Waals surface area contributed by atoms with E-state index in [-0.39, 0.29) is 6.54 Å². The van der Waals surface area contributed by atoms with Crippen LogP contribution in [-0.4, -0.2) is 32.7 Å². The highest BCUT2D eigenvalue weighted by molar-refractivity contribution is 8.13. The van der Waals surface area contributed by atoms with Crippen molar-refractivity contribution in [3.05, 3.63) is 39.2 Å². The Labute approximate surface area is 110 Å². The van der Waals surface area contributed by atoms with Gasteiger partial charge in [-0.15, -0.1) is 10.2 Å². The van der Waals surface area contributed by atoms with Gasteiger partial charge in [0.25, 0.3) is 14.6 Å². The number of aromatic nitrogens is 5. The molecule has 19 heavy (non-hydrogen) atoms. The molecule has 0 bridgehead atoms. The second kappa shape index (κ2) is 4.63. The normalized spacial score (nSPS) is 11.7. The Morgan fingerprint density at radius 1 is 1.42 bits per heavy atom. The summed E-state index contributed by atoms with van der Waals surface area (Å²) in [4.78, 5) is 24.1. The summed E-state index contributed by atoms with van der Waals surface area (Å²) in [6.07, 6.45) is 2.30. The van der Waals surface area contributed by atoms with Gasteiger partial charge in [-0.05, 0) is 0 Å². The molecule has 0 aromatic carbocycles. The zero-order valence-corrected chi connectivity index (χ0v) is 11.1. The fourth-order valence-electron chi connectivity index (χ4n) is 1.38. The van der Waals surface area contributed by atoms with Crippen molar-refractivity contribution in [3.63, 3.8) is 0 Å². The van der Waals surface area contributed by atoms with Crippen molar-refractivity contribution in [2.24, 2.45) is 7.05 Å². The molecule has 1 N–H and O–H groups in total. The molecule has 0 unspecified atom stereocenters. The smallest absolute Gasteiger partial charge is 0.319 e. The zero-order valence-electron chi connectivity index (χ0n) is 9.57. The maximum atomic E-state index is 11.6. The molecule has 0 radical (unpaired) electrons. The van der Waals surface area contributed by atoms with Crippen LogP contribution in [0, 0.1) is 0 Å². The number of aryl methyl sites for hydroxylation is 1. The number of H-pyrrole nitrogens is 1. The van der Waals surface area contributed by atoms with Crippen LogP contribution >= 0.6 is 10.7 Å². The van der Waals surface area contributed by atoms with Crippen molar-refractivity contribution in [1.82, 2.24) is 24.3 Å². The maximum Gasteiger partial charge on any atom is 0.328 e. The van der Waals surface area contributed by atoms with Gasteiger partial charge in [0.15, 0.2) is 10.7 Å². The van der Waals surface area contributed by atoms with Crippen molar-refractivity contribution in [3.8, 4) is 0 Å². The van der Waals surface area contributed by atoms with Gasteiger partial charge in [-0.2, -0.15) is 0 Å². The van der Waals surface area contributed by atoms with Crippen LogP contribution in [0.3, 0.4) is 0 Å². The predicted octanol–water partition coefficient (Wildman–Crippen LogP) is -1.36. The number of halogens is 1. The second-order valence-corrected chi connectivity index (χ2v) is 6.21. The zero-order chi connectivity index (χ0) is 14.2. The van der Waals surface area contributed by atoms with Crippen LogP contribution in [0.15, 0.2) is 27.0 Å². The lowest BCUT2D eigenvalue weighted by atomic mass is 10.5. The summed E-state index contributed by atoms with van der Waals surface area (Å²) < 4.78 is 24.9. The van der Waals surface area contributed by atoms with Crippen LogP contribution in [0.4, 0.5) is 0 Å². The van der Waals surface area contributed by atoms with Gasteiger partial charge in [0.1, 0.15) is 6.33 Å². The first kappa shape index (κ1) is 13.5. The Balaban J connectivity index is 2.56. The number of hydrogen-bond acceptors (Lipinski definition) is 6. The lowest BCUT2D eigenvalue weighted by Gasteiger charge is -2.05. The lowest BCUT2D eigenvalue weighted by molar-refractivity contribution is 0.599. The molecule has 0 saturated heterocycles. The average molecular weight is 306 g/mol. The third kappa shape index (κ3) is 2.74. The Hall–Kier alpha value is -1.94. The van der Waals surface area contributed by atoms with E-state index in [1.165, 1.54) is 6.33 Å². The summed E-state index contributed by atoms with van der Waals surface area (Å²) in [7, 11) is 2.53. The topological polar surface area (TPSA) is 120 Å². The molecular formula is C8H8ClN5O4S. The minimum atomic E-state index is -4.24. The quantitative estimate of drug-likeness (QED) is 0.699. The monoisotopic (exact) mass is 305 g/mol. The van der Waals surface area contributed by atoms with E-state index < -0.39 is 25.2 Å². The molecule has 9 nitrogen and oxygen atoms in total. The summed E-state index contributed by atoms with van der Waals surface area (Å²) in [6, 6.07) is 0. The van der Waals surface area contributed by atoms with Gasteiger partial charge in [-0.3, -0.25) is 14.3 Å². The van der Waals surface area contributed by atoms with E-state index in [9.17, 15) is 18.0 Å². The molecule has 102 valence electrons. The highest BCUT2D eigenvalue weighted by Crippen LogP contribution is 2.07. The highest BCUT2D eigenvalue weighted by Gasteiger charge is 2.17. The van der Waals surface area contributed by atoms with Crippen molar-refractivity contribution < 1.29 is 8.42 Å². The van der Waals surface area contributed by atoms with Crippen molar-refractivity contribution >= 4 is 19.7 Å². The largest absolute Gasteiger partial charge is 0.328 e. The SMILES string of the molecule is Cn1cnnc1Cn1cc(S(=O)(=O)Cl)c(=O)[nH]c1=O. The number of hydrogen-bond donors (Lipinski definition) is 1. The molecule has 2 aromatic rings. The number of rotatable bonds is 3. The summed E-state index contributed by atoms with van der Waals surface area (Å²) >= 11 is 0. The Morgan fingerprint density at radius 2 is 2.11 bits per heavy atom. The Kier molecular flexibility index (Phi) is 3.28. The van der Waals surface area contributed by atoms with E-state index >= 15 is 0 Å². The first-order valence-electron chi connectivity index (χ1n) is 4.90. The number of aromatic amines is 1. The van der Waals surface area contributed by atoms with Crippen LogP contribution < -0.4 is 11.2 Å². The van der Waals surface area contributed by atoms with E-state index in [0.717, 1.165) is 10.8 Å². The molecular weight excluding hydrogens is 298 g/mol. The molecule has 2 aromatic heterocycles. The number of nitrogens with one attached hydrogen (secondary N) is 1. The fraction of sp³-hybridized carbons (Fsp3) is 0.250. The minimum Gasteiger partial charge on any atom is -0.319 e. The summed E-state index contributed by atoms with van der Waals surface area (Å²) in [5, 5.41) is 7.36. The van der Waals surface area contributed by atoms with Gasteiger partial charge >= 0.3 is 5.69 Å². The summed E-state index contributed by atoms with van der Waals surface area (Å²) in [6.45, 7) is -0.0501. The van der Waals surface area contributed by atoms with Gasteiger partial charge in [-0.1, -0.05) is 0 Å².